The zero-order valence-electron chi connectivity index (χ0n) is 19.4. The van der Waals surface area contributed by atoms with E-state index < -0.39 is 0 Å². The summed E-state index contributed by atoms with van der Waals surface area (Å²) in [6.45, 7) is 7.43. The number of likely N-dealkylation sites (tertiary alicyclic amines) is 1. The third-order valence-corrected chi connectivity index (χ3v) is 6.68. The van der Waals surface area contributed by atoms with E-state index in [2.05, 4.69) is 18.9 Å². The number of hydrogen-bond donors (Lipinski definition) is 0. The lowest BCUT2D eigenvalue weighted by atomic mass is 9.77. The molecule has 1 unspecified atom stereocenters. The van der Waals surface area contributed by atoms with Gasteiger partial charge in [-0.1, -0.05) is 38.0 Å². The number of carbonyl (C=O) groups excluding carboxylic acids is 2. The Morgan fingerprint density at radius 1 is 0.968 bits per heavy atom. The van der Waals surface area contributed by atoms with Crippen molar-refractivity contribution in [3.8, 4) is 5.75 Å². The summed E-state index contributed by atoms with van der Waals surface area (Å²) in [7, 11) is 2.10. The summed E-state index contributed by atoms with van der Waals surface area (Å²) in [6, 6.07) is 9.79. The predicted molar refractivity (Wildman–Crippen MR) is 123 cm³/mol. The number of benzene rings is 1. The van der Waals surface area contributed by atoms with E-state index in [4.69, 9.17) is 4.74 Å². The highest BCUT2D eigenvalue weighted by molar-refractivity contribution is 5.78. The van der Waals surface area contributed by atoms with Gasteiger partial charge in [0.1, 0.15) is 5.75 Å². The molecule has 31 heavy (non-hydrogen) atoms. The molecule has 2 fully saturated rings. The van der Waals surface area contributed by atoms with Gasteiger partial charge in [0.15, 0.2) is 0 Å². The van der Waals surface area contributed by atoms with Crippen LogP contribution in [0.3, 0.4) is 0 Å². The van der Waals surface area contributed by atoms with Crippen molar-refractivity contribution in [2.24, 2.45) is 5.41 Å². The average Bonchev–Trinajstić information content (AvgIpc) is 2.79. The van der Waals surface area contributed by atoms with Crippen LogP contribution in [0.1, 0.15) is 51.9 Å². The summed E-state index contributed by atoms with van der Waals surface area (Å²) < 4.78 is 6.16. The number of ether oxygens (including phenoxy) is 1. The standard InChI is InChI=1S/C25H39N3O3/c1-3-4-6-12-23(29)28-14-9-13-25(20-28,21-31-22-10-7-5-8-11-22)19-24(30)27-17-15-26(2)16-18-27/h5,7-8,10-11H,3-4,6,9,12-21H2,1-2H3. The zero-order valence-corrected chi connectivity index (χ0v) is 19.4. The highest BCUT2D eigenvalue weighted by Crippen LogP contribution is 2.35. The first-order chi connectivity index (χ1) is 15.0. The molecule has 2 aliphatic heterocycles. The molecule has 0 spiro atoms. The molecule has 2 heterocycles. The molecule has 0 aromatic heterocycles. The predicted octanol–water partition coefficient (Wildman–Crippen LogP) is 3.42. The Morgan fingerprint density at radius 3 is 2.42 bits per heavy atom. The van der Waals surface area contributed by atoms with Gasteiger partial charge in [-0.25, -0.2) is 0 Å². The third-order valence-electron chi connectivity index (χ3n) is 6.68. The van der Waals surface area contributed by atoms with Gasteiger partial charge < -0.3 is 19.4 Å². The molecule has 1 aromatic carbocycles. The minimum atomic E-state index is -0.324. The van der Waals surface area contributed by atoms with E-state index in [-0.39, 0.29) is 17.2 Å². The van der Waals surface area contributed by atoms with Crippen molar-refractivity contribution in [2.45, 2.75) is 51.9 Å². The van der Waals surface area contributed by atoms with Crippen molar-refractivity contribution in [1.82, 2.24) is 14.7 Å². The number of likely N-dealkylation sites (N-methyl/N-ethyl adjacent to an activating group) is 1. The average molecular weight is 430 g/mol. The van der Waals surface area contributed by atoms with E-state index in [1.807, 2.05) is 40.1 Å². The van der Waals surface area contributed by atoms with E-state index in [0.29, 0.717) is 26.0 Å². The molecule has 0 aliphatic carbocycles. The van der Waals surface area contributed by atoms with Crippen molar-refractivity contribution in [1.29, 1.82) is 0 Å². The highest BCUT2D eigenvalue weighted by Gasteiger charge is 2.41. The molecule has 0 saturated carbocycles. The fourth-order valence-electron chi connectivity index (χ4n) is 4.66. The maximum atomic E-state index is 13.2. The second kappa shape index (κ2) is 11.5. The Hall–Kier alpha value is -2.08. The van der Waals surface area contributed by atoms with Gasteiger partial charge in [-0.15, -0.1) is 0 Å². The Kier molecular flexibility index (Phi) is 8.76. The summed E-state index contributed by atoms with van der Waals surface area (Å²) in [5, 5.41) is 0. The van der Waals surface area contributed by atoms with Gasteiger partial charge in [-0.3, -0.25) is 9.59 Å². The van der Waals surface area contributed by atoms with Crippen molar-refractivity contribution >= 4 is 11.8 Å². The Bertz CT molecular complexity index is 703. The number of piperazine rings is 1. The van der Waals surface area contributed by atoms with Gasteiger partial charge in [0.25, 0.3) is 0 Å². The van der Waals surface area contributed by atoms with Crippen molar-refractivity contribution in [2.75, 3.05) is 52.9 Å². The molecule has 6 nitrogen and oxygen atoms in total. The van der Waals surface area contributed by atoms with Crippen LogP contribution >= 0.6 is 0 Å². The molecule has 6 heteroatoms. The van der Waals surface area contributed by atoms with E-state index in [0.717, 1.165) is 70.6 Å². The molecule has 3 rings (SSSR count). The van der Waals surface area contributed by atoms with E-state index in [1.54, 1.807) is 0 Å². The second-order valence-corrected chi connectivity index (χ2v) is 9.34. The van der Waals surface area contributed by atoms with Crippen molar-refractivity contribution in [3.63, 3.8) is 0 Å². The van der Waals surface area contributed by atoms with Crippen LogP contribution in [0.2, 0.25) is 0 Å². The lowest BCUT2D eigenvalue weighted by molar-refractivity contribution is -0.142. The number of nitrogens with zero attached hydrogens (tertiary/aromatic N) is 3. The van der Waals surface area contributed by atoms with Gasteiger partial charge in [-0.2, -0.15) is 0 Å². The van der Waals surface area contributed by atoms with E-state index in [9.17, 15) is 9.59 Å². The molecule has 2 saturated heterocycles. The smallest absolute Gasteiger partial charge is 0.223 e. The molecule has 1 atom stereocenters. The highest BCUT2D eigenvalue weighted by atomic mass is 16.5. The fourth-order valence-corrected chi connectivity index (χ4v) is 4.66. The lowest BCUT2D eigenvalue weighted by Crippen LogP contribution is -2.53. The quantitative estimate of drug-likeness (QED) is 0.565. The molecular formula is C25H39N3O3. The summed E-state index contributed by atoms with van der Waals surface area (Å²) in [4.78, 5) is 32.3. The maximum absolute atomic E-state index is 13.2. The summed E-state index contributed by atoms with van der Waals surface area (Å²) >= 11 is 0. The normalized spacial score (nSPS) is 22.4. The van der Waals surface area contributed by atoms with Gasteiger partial charge in [0.05, 0.1) is 6.61 Å². The fraction of sp³-hybridized carbons (Fsp3) is 0.680. The van der Waals surface area contributed by atoms with E-state index >= 15 is 0 Å². The summed E-state index contributed by atoms with van der Waals surface area (Å²) in [5.41, 5.74) is -0.324. The summed E-state index contributed by atoms with van der Waals surface area (Å²) in [6.07, 6.45) is 6.04. The molecule has 2 aliphatic rings. The number of piperidine rings is 1. The Balaban J connectivity index is 1.68. The van der Waals surface area contributed by atoms with Crippen LogP contribution in [0.25, 0.3) is 0 Å². The Labute approximate surface area is 187 Å². The second-order valence-electron chi connectivity index (χ2n) is 9.34. The monoisotopic (exact) mass is 429 g/mol. The molecule has 0 radical (unpaired) electrons. The first kappa shape index (κ1) is 23.6. The Morgan fingerprint density at radius 2 is 1.71 bits per heavy atom. The van der Waals surface area contributed by atoms with Crippen molar-refractivity contribution < 1.29 is 14.3 Å². The van der Waals surface area contributed by atoms with Gasteiger partial charge in [0.2, 0.25) is 11.8 Å². The summed E-state index contributed by atoms with van der Waals surface area (Å²) in [5.74, 6) is 1.25. The molecule has 0 bridgehead atoms. The first-order valence-corrected chi connectivity index (χ1v) is 11.9. The number of para-hydroxylation sites is 1. The topological polar surface area (TPSA) is 53.1 Å². The molecule has 2 amide bonds. The first-order valence-electron chi connectivity index (χ1n) is 11.9. The zero-order chi connectivity index (χ0) is 22.1. The number of carbonyl (C=O) groups is 2. The van der Waals surface area contributed by atoms with Crippen LogP contribution in [-0.2, 0) is 9.59 Å². The van der Waals surface area contributed by atoms with Crippen LogP contribution in [0, 0.1) is 5.41 Å². The molecule has 0 N–H and O–H groups in total. The number of unbranched alkanes of at least 4 members (excludes halogenated alkanes) is 2. The molecule has 1 aromatic rings. The number of amides is 2. The van der Waals surface area contributed by atoms with Crippen LogP contribution in [-0.4, -0.2) is 79.4 Å². The van der Waals surface area contributed by atoms with Gasteiger partial charge >= 0.3 is 0 Å². The number of hydrogen-bond acceptors (Lipinski definition) is 4. The van der Waals surface area contributed by atoms with E-state index in [1.165, 1.54) is 0 Å². The minimum Gasteiger partial charge on any atom is -0.493 e. The van der Waals surface area contributed by atoms with Crippen molar-refractivity contribution in [3.05, 3.63) is 30.3 Å². The molecular weight excluding hydrogens is 390 g/mol. The van der Waals surface area contributed by atoms with Gasteiger partial charge in [-0.05, 0) is 38.4 Å². The van der Waals surface area contributed by atoms with Gasteiger partial charge in [0, 0.05) is 57.5 Å². The largest absolute Gasteiger partial charge is 0.493 e. The number of rotatable bonds is 9. The lowest BCUT2D eigenvalue weighted by Gasteiger charge is -2.43. The SMILES string of the molecule is CCCCCC(=O)N1CCCC(COc2ccccc2)(CC(=O)N2CCN(C)CC2)C1. The maximum Gasteiger partial charge on any atom is 0.223 e. The minimum absolute atomic E-state index is 0.199. The molecule has 172 valence electrons. The van der Waals surface area contributed by atoms with Crippen LogP contribution in [0.15, 0.2) is 30.3 Å². The van der Waals surface area contributed by atoms with Crippen LogP contribution in [0.4, 0.5) is 0 Å². The third kappa shape index (κ3) is 6.96. The van der Waals surface area contributed by atoms with Crippen LogP contribution in [0.5, 0.6) is 5.75 Å². The van der Waals surface area contributed by atoms with Crippen LogP contribution < -0.4 is 4.74 Å².